The lowest BCUT2D eigenvalue weighted by atomic mass is 9.87. The minimum atomic E-state index is -4.64. The third-order valence-electron chi connectivity index (χ3n) is 9.05. The van der Waals surface area contributed by atoms with Gasteiger partial charge < -0.3 is 19.1 Å². The highest BCUT2D eigenvalue weighted by molar-refractivity contribution is 7.87. The molecule has 48 heavy (non-hydrogen) atoms. The van der Waals surface area contributed by atoms with E-state index in [9.17, 15) is 18.2 Å². The average Bonchev–Trinajstić information content (AvgIpc) is 3.51. The van der Waals surface area contributed by atoms with Crippen LogP contribution in [0.15, 0.2) is 61.1 Å². The molecule has 0 aliphatic carbocycles. The van der Waals surface area contributed by atoms with Gasteiger partial charge in [-0.15, -0.1) is 0 Å². The van der Waals surface area contributed by atoms with Crippen LogP contribution in [-0.2, 0) is 19.8 Å². The van der Waals surface area contributed by atoms with Gasteiger partial charge in [0.15, 0.2) is 0 Å². The lowest BCUT2D eigenvalue weighted by Gasteiger charge is -2.47. The lowest BCUT2D eigenvalue weighted by Crippen LogP contribution is -2.60. The van der Waals surface area contributed by atoms with E-state index in [2.05, 4.69) is 21.0 Å². The van der Waals surface area contributed by atoms with Gasteiger partial charge in [0.25, 0.3) is 0 Å². The highest BCUT2D eigenvalue weighted by Gasteiger charge is 2.46. The number of rotatable bonds is 12. The molecule has 0 amide bonds. The van der Waals surface area contributed by atoms with Crippen LogP contribution in [0.2, 0.25) is 0 Å². The number of hydrogen-bond acceptors (Lipinski definition) is 10. The molecule has 254 valence electrons. The van der Waals surface area contributed by atoms with Crippen LogP contribution in [0.1, 0.15) is 30.9 Å². The van der Waals surface area contributed by atoms with Crippen LogP contribution >= 0.6 is 0 Å². The number of piperidine rings is 1. The molecule has 1 aromatic carbocycles. The van der Waals surface area contributed by atoms with Gasteiger partial charge in [0.05, 0.1) is 67.7 Å². The normalized spacial score (nSPS) is 16.9. The van der Waals surface area contributed by atoms with Crippen molar-refractivity contribution in [3.63, 3.8) is 0 Å². The van der Waals surface area contributed by atoms with Gasteiger partial charge in [-0.2, -0.15) is 18.8 Å². The molecule has 1 N–H and O–H groups in total. The molecule has 3 aromatic heterocycles. The largest absolute Gasteiger partial charge is 0.492 e. The summed E-state index contributed by atoms with van der Waals surface area (Å²) in [4.78, 5) is 9.16. The number of hydrogen-bond donors (Lipinski definition) is 1. The number of ether oxygens (including phenoxy) is 3. The molecule has 2 fully saturated rings. The number of fused-ring (bicyclic) bond motifs is 1. The van der Waals surface area contributed by atoms with Crippen LogP contribution in [0.4, 0.5) is 11.5 Å². The molecular formula is C34H41N7O6S. The van der Waals surface area contributed by atoms with Gasteiger partial charge in [-0.3, -0.25) is 9.45 Å². The molecular weight excluding hydrogens is 634 g/mol. The molecule has 2 saturated heterocycles. The minimum absolute atomic E-state index is 0.129. The Kier molecular flexibility index (Phi) is 10.1. The molecule has 14 heteroatoms. The Balaban J connectivity index is 1.23. The van der Waals surface area contributed by atoms with Gasteiger partial charge in [0.2, 0.25) is 0 Å². The smallest absolute Gasteiger partial charge is 0.360 e. The summed E-state index contributed by atoms with van der Waals surface area (Å²) in [7, 11) is -4.64. The molecule has 6 rings (SSSR count). The number of pyridine rings is 2. The van der Waals surface area contributed by atoms with Gasteiger partial charge in [0, 0.05) is 50.0 Å². The van der Waals surface area contributed by atoms with E-state index in [0.29, 0.717) is 81.4 Å². The molecule has 2 aliphatic heterocycles. The molecule has 5 heterocycles. The van der Waals surface area contributed by atoms with Gasteiger partial charge in [0.1, 0.15) is 17.6 Å². The quantitative estimate of drug-likeness (QED) is 0.172. The second-order valence-corrected chi connectivity index (χ2v) is 13.4. The molecule has 2 aliphatic rings. The zero-order valence-electron chi connectivity index (χ0n) is 27.3. The van der Waals surface area contributed by atoms with Crippen LogP contribution in [0, 0.1) is 18.3 Å². The van der Waals surface area contributed by atoms with Crippen LogP contribution in [0.5, 0.6) is 5.75 Å². The van der Waals surface area contributed by atoms with E-state index in [1.165, 1.54) is 6.20 Å². The topological polar surface area (TPSA) is 146 Å². The summed E-state index contributed by atoms with van der Waals surface area (Å²) < 4.78 is 56.9. The SMILES string of the molecule is CCOc1cc(-c2ccc(N3CCC(COCCN4CCOCC4)(N(c4ccc(C)cc4)S(=O)(=O)O)CC3)nc2)c2c(C#N)cnn2c1. The number of nitrogens with zero attached hydrogens (tertiary/aromatic N) is 7. The number of aryl methyl sites for hydroxylation is 1. The summed E-state index contributed by atoms with van der Waals surface area (Å²) in [6.45, 7) is 9.63. The third kappa shape index (κ3) is 7.25. The Hall–Kier alpha value is -4.26. The van der Waals surface area contributed by atoms with Gasteiger partial charge in [-0.05, 0) is 57.0 Å². The lowest BCUT2D eigenvalue weighted by molar-refractivity contribution is 0.0116. The summed E-state index contributed by atoms with van der Waals surface area (Å²) in [5, 5.41) is 14.0. The highest BCUT2D eigenvalue weighted by Crippen LogP contribution is 2.38. The first kappa shape index (κ1) is 33.6. The maximum absolute atomic E-state index is 13.1. The number of benzene rings is 1. The first-order chi connectivity index (χ1) is 23.2. The summed E-state index contributed by atoms with van der Waals surface area (Å²) >= 11 is 0. The standard InChI is InChI=1S/C34H41N7O6S/c1-3-47-30-20-31(33-28(21-35)23-37-40(33)24-30)27-6-9-32(36-22-27)39-12-10-34(11-13-39,25-46-19-16-38-14-17-45-18-15-38)41(48(42,43)44)29-7-4-26(2)5-8-29/h4-9,20,22-24H,3,10-19,25H2,1-2H3,(H,42,43,44). The summed E-state index contributed by atoms with van der Waals surface area (Å²) in [5.74, 6) is 1.37. The van der Waals surface area contributed by atoms with Crippen LogP contribution in [0.25, 0.3) is 16.6 Å². The molecule has 0 saturated carbocycles. The summed E-state index contributed by atoms with van der Waals surface area (Å²) in [6.07, 6.45) is 5.86. The van der Waals surface area contributed by atoms with Crippen molar-refractivity contribution in [3.8, 4) is 22.9 Å². The fourth-order valence-electron chi connectivity index (χ4n) is 6.55. The monoisotopic (exact) mass is 675 g/mol. The Labute approximate surface area is 281 Å². The number of aromatic nitrogens is 3. The van der Waals surface area contributed by atoms with Crippen molar-refractivity contribution in [1.29, 1.82) is 5.26 Å². The van der Waals surface area contributed by atoms with E-state index in [4.69, 9.17) is 19.2 Å². The molecule has 13 nitrogen and oxygen atoms in total. The first-order valence-electron chi connectivity index (χ1n) is 16.2. The van der Waals surface area contributed by atoms with Crippen molar-refractivity contribution in [1.82, 2.24) is 19.5 Å². The second kappa shape index (κ2) is 14.5. The molecule has 0 atom stereocenters. The predicted molar refractivity (Wildman–Crippen MR) is 182 cm³/mol. The Morgan fingerprint density at radius 3 is 2.48 bits per heavy atom. The van der Waals surface area contributed by atoms with Crippen LogP contribution < -0.4 is 13.9 Å². The fraction of sp³-hybridized carbons (Fsp3) is 0.441. The van der Waals surface area contributed by atoms with E-state index in [-0.39, 0.29) is 6.61 Å². The van der Waals surface area contributed by atoms with E-state index in [0.717, 1.165) is 39.9 Å². The first-order valence-corrected chi connectivity index (χ1v) is 17.6. The Morgan fingerprint density at radius 2 is 1.83 bits per heavy atom. The van der Waals surface area contributed by atoms with Crippen molar-refractivity contribution in [2.45, 2.75) is 32.2 Å². The zero-order valence-corrected chi connectivity index (χ0v) is 28.1. The van der Waals surface area contributed by atoms with Gasteiger partial charge in [-0.1, -0.05) is 17.7 Å². The second-order valence-electron chi connectivity index (χ2n) is 12.2. The molecule has 0 unspecified atom stereocenters. The number of morpholine rings is 1. The van der Waals surface area contributed by atoms with Crippen molar-refractivity contribution in [2.24, 2.45) is 0 Å². The highest BCUT2D eigenvalue weighted by atomic mass is 32.2. The van der Waals surface area contributed by atoms with E-state index < -0.39 is 15.8 Å². The van der Waals surface area contributed by atoms with E-state index in [1.807, 2.05) is 44.2 Å². The molecule has 4 aromatic rings. The predicted octanol–water partition coefficient (Wildman–Crippen LogP) is 3.97. The minimum Gasteiger partial charge on any atom is -0.492 e. The van der Waals surface area contributed by atoms with Crippen LogP contribution in [-0.4, -0.2) is 104 Å². The molecule has 0 bridgehead atoms. The van der Waals surface area contributed by atoms with Gasteiger partial charge in [-0.25, -0.2) is 13.8 Å². The average molecular weight is 676 g/mol. The molecule has 0 spiro atoms. The number of nitriles is 1. The van der Waals surface area contributed by atoms with Gasteiger partial charge >= 0.3 is 10.3 Å². The van der Waals surface area contributed by atoms with Crippen molar-refractivity contribution >= 4 is 27.3 Å². The van der Waals surface area contributed by atoms with Crippen molar-refractivity contribution in [3.05, 3.63) is 72.2 Å². The van der Waals surface area contributed by atoms with E-state index in [1.54, 1.807) is 29.0 Å². The molecule has 0 radical (unpaired) electrons. The maximum atomic E-state index is 13.1. The maximum Gasteiger partial charge on any atom is 0.360 e. The number of anilines is 2. The Bertz CT molecular complexity index is 1840. The zero-order chi connectivity index (χ0) is 33.7. The third-order valence-corrected chi connectivity index (χ3v) is 10.1. The summed E-state index contributed by atoms with van der Waals surface area (Å²) in [5.41, 5.74) is 3.08. The van der Waals surface area contributed by atoms with Crippen LogP contribution in [0.3, 0.4) is 0 Å². The van der Waals surface area contributed by atoms with E-state index >= 15 is 0 Å². The Morgan fingerprint density at radius 1 is 1.08 bits per heavy atom. The van der Waals surface area contributed by atoms with Crippen molar-refractivity contribution in [2.75, 3.05) is 75.0 Å². The fourth-order valence-corrected chi connectivity index (χ4v) is 7.66. The summed E-state index contributed by atoms with van der Waals surface area (Å²) in [6, 6.07) is 15.1. The van der Waals surface area contributed by atoms with Crippen molar-refractivity contribution < 1.29 is 27.2 Å².